The number of hydrogen-bond donors (Lipinski definition) is 3. The first-order valence-electron chi connectivity index (χ1n) is 13.5. The maximum atomic E-state index is 11.8. The summed E-state index contributed by atoms with van der Waals surface area (Å²) in [7, 11) is 0. The van der Waals surface area contributed by atoms with Gasteiger partial charge in [0, 0.05) is 28.6 Å². The number of carbonyl (C=O) groups is 3. The van der Waals surface area contributed by atoms with Crippen LogP contribution in [0, 0.1) is 0 Å². The summed E-state index contributed by atoms with van der Waals surface area (Å²) in [5, 5.41) is 22.5. The Hall–Kier alpha value is -5.02. The van der Waals surface area contributed by atoms with Gasteiger partial charge < -0.3 is 24.7 Å². The van der Waals surface area contributed by atoms with Crippen molar-refractivity contribution in [2.24, 2.45) is 0 Å². The highest BCUT2D eigenvalue weighted by molar-refractivity contribution is 6.16. The van der Waals surface area contributed by atoms with Crippen LogP contribution in [-0.2, 0) is 20.8 Å². The largest absolute Gasteiger partial charge is 0.508 e. The van der Waals surface area contributed by atoms with Gasteiger partial charge in [-0.3, -0.25) is 9.59 Å². The molecule has 1 aliphatic heterocycles. The number of carboxylic acid groups (broad SMARTS) is 1. The number of nitrogens with one attached hydrogen (secondary N) is 1. The van der Waals surface area contributed by atoms with Crippen molar-refractivity contribution in [3.63, 3.8) is 0 Å². The number of halogens is 2. The van der Waals surface area contributed by atoms with Gasteiger partial charge in [-0.05, 0) is 54.8 Å². The topological polar surface area (TPSA) is 134 Å². The number of carboxylic acids is 1. The molecule has 4 rings (SSSR count). The molecular weight excluding hydrogens is 589 g/mol. The van der Waals surface area contributed by atoms with Crippen molar-refractivity contribution in [2.75, 3.05) is 6.13 Å². The molecule has 0 saturated carbocycles. The molecule has 1 unspecified atom stereocenters. The SMILES string of the molecule is C=C/C=C(C(=O)O)\C(=C/C)c1c2ccc(=O)cc-2oc2cc(O)ccc12.CC.FCCl.O=CNC(C=O)Cc1ccccc1. The van der Waals surface area contributed by atoms with E-state index in [0.717, 1.165) is 11.8 Å². The number of alkyl halides is 2. The number of aromatic hydroxyl groups is 1. The lowest BCUT2D eigenvalue weighted by molar-refractivity contribution is -0.132. The Morgan fingerprint density at radius 2 is 1.75 bits per heavy atom. The molecule has 1 atom stereocenters. The summed E-state index contributed by atoms with van der Waals surface area (Å²) < 4.78 is 15.8. The van der Waals surface area contributed by atoms with E-state index in [1.807, 2.05) is 44.2 Å². The Kier molecular flexibility index (Phi) is 16.8. The number of aldehydes is 1. The van der Waals surface area contributed by atoms with Gasteiger partial charge in [0.25, 0.3) is 0 Å². The predicted molar refractivity (Wildman–Crippen MR) is 173 cm³/mol. The van der Waals surface area contributed by atoms with Crippen molar-refractivity contribution in [2.45, 2.75) is 33.2 Å². The molecule has 0 spiro atoms. The average Bonchev–Trinajstić information content (AvgIpc) is 3.02. The summed E-state index contributed by atoms with van der Waals surface area (Å²) in [5.74, 6) is -0.778. The van der Waals surface area contributed by atoms with E-state index in [1.54, 1.807) is 25.1 Å². The molecule has 44 heavy (non-hydrogen) atoms. The molecule has 2 aromatic rings. The van der Waals surface area contributed by atoms with Crippen LogP contribution in [-0.4, -0.2) is 41.1 Å². The van der Waals surface area contributed by atoms with Crippen LogP contribution < -0.4 is 10.7 Å². The molecule has 10 heteroatoms. The number of aliphatic carboxylic acids is 1. The van der Waals surface area contributed by atoms with E-state index in [1.165, 1.54) is 36.4 Å². The highest BCUT2D eigenvalue weighted by Crippen LogP contribution is 2.40. The maximum absolute atomic E-state index is 11.8. The first-order chi connectivity index (χ1) is 21.2. The molecular formula is C34H35ClFNO7. The van der Waals surface area contributed by atoms with Crippen molar-refractivity contribution >= 4 is 46.8 Å². The third-order valence-corrected chi connectivity index (χ3v) is 5.78. The lowest BCUT2D eigenvalue weighted by Gasteiger charge is -2.17. The quantitative estimate of drug-likeness (QED) is 0.0605. The van der Waals surface area contributed by atoms with Gasteiger partial charge in [0.2, 0.25) is 6.41 Å². The number of benzene rings is 3. The lowest BCUT2D eigenvalue weighted by Crippen LogP contribution is -2.31. The Morgan fingerprint density at radius 1 is 1.09 bits per heavy atom. The highest BCUT2D eigenvalue weighted by atomic mass is 35.5. The fourth-order valence-electron chi connectivity index (χ4n) is 4.08. The Bertz CT molecular complexity index is 1610. The van der Waals surface area contributed by atoms with Crippen molar-refractivity contribution in [1.29, 1.82) is 0 Å². The summed E-state index contributed by atoms with van der Waals surface area (Å²) >= 11 is 4.33. The minimum Gasteiger partial charge on any atom is -0.508 e. The second kappa shape index (κ2) is 20.0. The smallest absolute Gasteiger partial charge is 0.336 e. The number of phenolic OH excluding ortho intramolecular Hbond substituents is 1. The average molecular weight is 624 g/mol. The Labute approximate surface area is 260 Å². The Morgan fingerprint density at radius 3 is 2.30 bits per heavy atom. The maximum Gasteiger partial charge on any atom is 0.336 e. The molecule has 1 heterocycles. The molecule has 1 amide bonds. The second-order valence-electron chi connectivity index (χ2n) is 8.46. The molecule has 1 aliphatic carbocycles. The molecule has 0 radical (unpaired) electrons. The van der Waals surface area contributed by atoms with E-state index < -0.39 is 18.1 Å². The zero-order chi connectivity index (χ0) is 33.1. The molecule has 2 aromatic carbocycles. The predicted octanol–water partition coefficient (Wildman–Crippen LogP) is 6.92. The molecule has 8 nitrogen and oxygen atoms in total. The molecule has 232 valence electrons. The second-order valence-corrected chi connectivity index (χ2v) is 8.66. The summed E-state index contributed by atoms with van der Waals surface area (Å²) in [6, 6.07) is 18.1. The standard InChI is InChI=1S/C21H16O5.C10H11NO2.C2H6.CH2ClF/c1-3-5-15(21(24)25)14(4-2)20-16-8-6-12(22)10-18(16)26-19-11-13(23)7-9-17(19)20;12-7-10(11-8-13)6-9-4-2-1-3-5-9;1-2;2-1-3/h3-11,22H,1H2,2H3,(H,24,25);1-5,7-8,10H,6H2,(H,11,13);1-2H3;1H2/b14-4+,15-5+;;;. The number of carbonyl (C=O) groups excluding carboxylic acids is 2. The van der Waals surface area contributed by atoms with Crippen LogP contribution in [0.3, 0.4) is 0 Å². The van der Waals surface area contributed by atoms with Gasteiger partial charge in [-0.25, -0.2) is 9.18 Å². The minimum absolute atomic E-state index is 0.00643. The van der Waals surface area contributed by atoms with Crippen LogP contribution in [0.2, 0.25) is 0 Å². The van der Waals surface area contributed by atoms with Crippen LogP contribution in [0.4, 0.5) is 4.39 Å². The fraction of sp³-hybridized carbons (Fsp3) is 0.176. The van der Waals surface area contributed by atoms with Crippen molar-refractivity contribution in [3.8, 4) is 17.1 Å². The summed E-state index contributed by atoms with van der Waals surface area (Å²) in [4.78, 5) is 44.1. The Balaban J connectivity index is 0.000000450. The molecule has 0 fully saturated rings. The zero-order valence-electron chi connectivity index (χ0n) is 24.6. The van der Waals surface area contributed by atoms with Gasteiger partial charge in [-0.15, -0.1) is 0 Å². The number of hydrogen-bond acceptors (Lipinski definition) is 6. The van der Waals surface area contributed by atoms with Gasteiger partial charge in [0.05, 0.1) is 11.6 Å². The van der Waals surface area contributed by atoms with E-state index >= 15 is 0 Å². The minimum atomic E-state index is -1.10. The van der Waals surface area contributed by atoms with E-state index in [-0.39, 0.29) is 16.8 Å². The number of amides is 1. The van der Waals surface area contributed by atoms with Crippen molar-refractivity contribution < 1.29 is 33.4 Å². The van der Waals surface area contributed by atoms with Gasteiger partial charge in [-0.1, -0.05) is 74.5 Å². The van der Waals surface area contributed by atoms with E-state index in [9.17, 15) is 33.8 Å². The molecule has 0 aromatic heterocycles. The van der Waals surface area contributed by atoms with Crippen LogP contribution in [0.5, 0.6) is 5.75 Å². The van der Waals surface area contributed by atoms with Gasteiger partial charge in [-0.2, -0.15) is 0 Å². The van der Waals surface area contributed by atoms with E-state index in [2.05, 4.69) is 23.5 Å². The third-order valence-electron chi connectivity index (χ3n) is 5.78. The first-order valence-corrected chi connectivity index (χ1v) is 14.0. The third kappa shape index (κ3) is 10.7. The lowest BCUT2D eigenvalue weighted by atomic mass is 9.89. The van der Waals surface area contributed by atoms with Crippen molar-refractivity contribution in [3.05, 3.63) is 118 Å². The monoisotopic (exact) mass is 623 g/mol. The van der Waals surface area contributed by atoms with E-state index in [0.29, 0.717) is 46.3 Å². The van der Waals surface area contributed by atoms with Crippen molar-refractivity contribution in [1.82, 2.24) is 5.32 Å². The number of phenols is 1. The zero-order valence-corrected chi connectivity index (χ0v) is 25.4. The number of fused-ring (bicyclic) bond motifs is 2. The van der Waals surface area contributed by atoms with E-state index in [4.69, 9.17) is 4.42 Å². The van der Waals surface area contributed by atoms with Gasteiger partial charge in [0.1, 0.15) is 23.4 Å². The van der Waals surface area contributed by atoms with Crippen LogP contribution >= 0.6 is 11.6 Å². The summed E-state index contributed by atoms with van der Waals surface area (Å²) in [5.41, 5.74) is 2.90. The molecule has 0 saturated heterocycles. The first kappa shape index (κ1) is 37.0. The number of allylic oxidation sites excluding steroid dienone is 3. The molecule has 2 aliphatic rings. The normalized spacial score (nSPS) is 11.4. The summed E-state index contributed by atoms with van der Waals surface area (Å²) in [6.07, 6.45) is 5.57. The number of rotatable bonds is 9. The summed E-state index contributed by atoms with van der Waals surface area (Å²) in [6.45, 7) is 9.32. The van der Waals surface area contributed by atoms with Crippen LogP contribution in [0.15, 0.2) is 106 Å². The highest BCUT2D eigenvalue weighted by Gasteiger charge is 2.23. The molecule has 3 N–H and O–H groups in total. The molecule has 0 bridgehead atoms. The fourth-order valence-corrected chi connectivity index (χ4v) is 4.08. The van der Waals surface area contributed by atoms with Gasteiger partial charge in [0.15, 0.2) is 11.6 Å². The van der Waals surface area contributed by atoms with Gasteiger partial charge >= 0.3 is 5.97 Å². The van der Waals surface area contributed by atoms with Crippen LogP contribution in [0.1, 0.15) is 31.9 Å². The van der Waals surface area contributed by atoms with Crippen LogP contribution in [0.25, 0.3) is 27.9 Å².